The molecule has 3 N–H and O–H groups in total. The van der Waals surface area contributed by atoms with E-state index in [2.05, 4.69) is 15.6 Å². The van der Waals surface area contributed by atoms with E-state index in [1.165, 1.54) is 18.2 Å². The molecule has 2 aromatic rings. The lowest BCUT2D eigenvalue weighted by Gasteiger charge is -2.32. The lowest BCUT2D eigenvalue weighted by molar-refractivity contribution is 0.0670. The van der Waals surface area contributed by atoms with Crippen LogP contribution < -0.4 is 10.6 Å². The smallest absolute Gasteiger partial charge is 0.319 e. The second-order valence-corrected chi connectivity index (χ2v) is 6.19. The number of rotatable bonds is 4. The third-order valence-electron chi connectivity index (χ3n) is 4.27. The Labute approximate surface area is 145 Å². The molecule has 1 aliphatic heterocycles. The number of H-pyrrole nitrogens is 1. The van der Waals surface area contributed by atoms with Crippen molar-refractivity contribution in [2.75, 3.05) is 25.0 Å². The molecule has 7 heteroatoms. The number of anilines is 1. The van der Waals surface area contributed by atoms with Crippen molar-refractivity contribution in [3.05, 3.63) is 54.1 Å². The molecule has 0 spiro atoms. The van der Waals surface area contributed by atoms with Gasteiger partial charge in [-0.05, 0) is 49.1 Å². The van der Waals surface area contributed by atoms with Crippen LogP contribution >= 0.6 is 0 Å². The average molecular weight is 344 g/mol. The predicted octanol–water partition coefficient (Wildman–Crippen LogP) is 2.83. The van der Waals surface area contributed by atoms with Gasteiger partial charge in [-0.2, -0.15) is 0 Å². The number of amides is 3. The lowest BCUT2D eigenvalue weighted by Crippen LogP contribution is -2.44. The normalized spacial score (nSPS) is 17.2. The van der Waals surface area contributed by atoms with Crippen molar-refractivity contribution in [3.8, 4) is 0 Å². The summed E-state index contributed by atoms with van der Waals surface area (Å²) in [6, 6.07) is 8.93. The van der Waals surface area contributed by atoms with Gasteiger partial charge in [-0.3, -0.25) is 4.79 Å². The highest BCUT2D eigenvalue weighted by Gasteiger charge is 2.25. The van der Waals surface area contributed by atoms with Crippen LogP contribution in [0.4, 0.5) is 14.9 Å². The summed E-state index contributed by atoms with van der Waals surface area (Å²) in [5.41, 5.74) is 0.988. The number of piperidine rings is 1. The monoisotopic (exact) mass is 344 g/mol. The maximum absolute atomic E-state index is 13.1. The van der Waals surface area contributed by atoms with Gasteiger partial charge in [0, 0.05) is 31.5 Å². The van der Waals surface area contributed by atoms with Crippen LogP contribution in [-0.4, -0.2) is 41.5 Å². The third kappa shape index (κ3) is 4.59. The number of nitrogens with zero attached hydrogens (tertiary/aromatic N) is 1. The molecule has 3 rings (SSSR count). The summed E-state index contributed by atoms with van der Waals surface area (Å²) in [5.74, 6) is -0.214. The summed E-state index contributed by atoms with van der Waals surface area (Å²) in [6.45, 7) is 1.80. The molecule has 1 aromatic carbocycles. The molecule has 1 aliphatic rings. The predicted molar refractivity (Wildman–Crippen MR) is 92.8 cm³/mol. The Morgan fingerprint density at radius 2 is 2.16 bits per heavy atom. The number of carbonyl (C=O) groups is 2. The summed E-state index contributed by atoms with van der Waals surface area (Å²) in [7, 11) is 0. The van der Waals surface area contributed by atoms with Crippen molar-refractivity contribution < 1.29 is 14.0 Å². The molecule has 2 heterocycles. The fourth-order valence-electron chi connectivity index (χ4n) is 3.03. The minimum absolute atomic E-state index is 0.0149. The zero-order chi connectivity index (χ0) is 17.6. The van der Waals surface area contributed by atoms with Crippen molar-refractivity contribution >= 4 is 17.6 Å². The van der Waals surface area contributed by atoms with E-state index in [4.69, 9.17) is 0 Å². The van der Waals surface area contributed by atoms with Gasteiger partial charge in [0.15, 0.2) is 0 Å². The molecular formula is C18H21FN4O2. The SMILES string of the molecule is O=C(NCC1CCCN(C(=O)c2ccc[nH]2)C1)Nc1cccc(F)c1. The maximum Gasteiger partial charge on any atom is 0.319 e. The molecule has 1 fully saturated rings. The second-order valence-electron chi connectivity index (χ2n) is 6.19. The molecule has 1 saturated heterocycles. The topological polar surface area (TPSA) is 77.2 Å². The Bertz CT molecular complexity index is 732. The van der Waals surface area contributed by atoms with Gasteiger partial charge >= 0.3 is 6.03 Å². The molecule has 6 nitrogen and oxygen atoms in total. The van der Waals surface area contributed by atoms with E-state index < -0.39 is 5.82 Å². The van der Waals surface area contributed by atoms with Crippen LogP contribution in [0.2, 0.25) is 0 Å². The maximum atomic E-state index is 13.1. The van der Waals surface area contributed by atoms with Crippen molar-refractivity contribution in [2.24, 2.45) is 5.92 Å². The zero-order valence-corrected chi connectivity index (χ0v) is 13.8. The van der Waals surface area contributed by atoms with Crippen LogP contribution in [0.1, 0.15) is 23.3 Å². The number of hydrogen-bond donors (Lipinski definition) is 3. The summed E-state index contributed by atoms with van der Waals surface area (Å²) in [4.78, 5) is 29.1. The van der Waals surface area contributed by atoms with E-state index in [0.29, 0.717) is 24.5 Å². The van der Waals surface area contributed by atoms with Gasteiger partial charge in [-0.15, -0.1) is 0 Å². The Kier molecular flexibility index (Phi) is 5.33. The Morgan fingerprint density at radius 1 is 1.28 bits per heavy atom. The van der Waals surface area contributed by atoms with Gasteiger partial charge in [0.05, 0.1) is 0 Å². The van der Waals surface area contributed by atoms with Crippen LogP contribution in [-0.2, 0) is 0 Å². The molecule has 0 aliphatic carbocycles. The highest BCUT2D eigenvalue weighted by Crippen LogP contribution is 2.18. The van der Waals surface area contributed by atoms with E-state index in [-0.39, 0.29) is 17.9 Å². The Balaban J connectivity index is 1.48. The van der Waals surface area contributed by atoms with E-state index >= 15 is 0 Å². The van der Waals surface area contributed by atoms with Gasteiger partial charge in [-0.25, -0.2) is 9.18 Å². The van der Waals surface area contributed by atoms with Gasteiger partial charge in [-0.1, -0.05) is 6.07 Å². The fraction of sp³-hybridized carbons (Fsp3) is 0.333. The van der Waals surface area contributed by atoms with Crippen LogP contribution in [0.3, 0.4) is 0 Å². The molecule has 132 valence electrons. The molecule has 1 unspecified atom stereocenters. The summed E-state index contributed by atoms with van der Waals surface area (Å²) in [6.07, 6.45) is 3.59. The quantitative estimate of drug-likeness (QED) is 0.798. The first-order valence-electron chi connectivity index (χ1n) is 8.35. The largest absolute Gasteiger partial charge is 0.357 e. The summed E-state index contributed by atoms with van der Waals surface area (Å²) in [5, 5.41) is 5.40. The summed E-state index contributed by atoms with van der Waals surface area (Å²) >= 11 is 0. The molecule has 3 amide bonds. The number of carbonyl (C=O) groups excluding carboxylic acids is 2. The third-order valence-corrected chi connectivity index (χ3v) is 4.27. The minimum Gasteiger partial charge on any atom is -0.357 e. The highest BCUT2D eigenvalue weighted by atomic mass is 19.1. The molecule has 1 atom stereocenters. The Morgan fingerprint density at radius 3 is 2.92 bits per heavy atom. The second kappa shape index (κ2) is 7.83. The molecule has 0 radical (unpaired) electrons. The fourth-order valence-corrected chi connectivity index (χ4v) is 3.03. The Hall–Kier alpha value is -2.83. The van der Waals surface area contributed by atoms with E-state index in [1.807, 2.05) is 4.90 Å². The first kappa shape index (κ1) is 17.0. The number of likely N-dealkylation sites (tertiary alicyclic amines) is 1. The highest BCUT2D eigenvalue weighted by molar-refractivity contribution is 5.92. The molecule has 1 aromatic heterocycles. The number of aromatic amines is 1. The number of hydrogen-bond acceptors (Lipinski definition) is 2. The van der Waals surface area contributed by atoms with E-state index in [0.717, 1.165) is 19.4 Å². The molecule has 0 bridgehead atoms. The first-order chi connectivity index (χ1) is 12.1. The first-order valence-corrected chi connectivity index (χ1v) is 8.35. The van der Waals surface area contributed by atoms with E-state index in [1.54, 1.807) is 24.4 Å². The van der Waals surface area contributed by atoms with Gasteiger partial charge < -0.3 is 20.5 Å². The van der Waals surface area contributed by atoms with Crippen LogP contribution in [0.15, 0.2) is 42.6 Å². The molecular weight excluding hydrogens is 323 g/mol. The number of nitrogens with one attached hydrogen (secondary N) is 3. The average Bonchev–Trinajstić information content (AvgIpc) is 3.14. The minimum atomic E-state index is -0.399. The van der Waals surface area contributed by atoms with Gasteiger partial charge in [0.1, 0.15) is 11.5 Å². The van der Waals surface area contributed by atoms with Crippen LogP contribution in [0.25, 0.3) is 0 Å². The number of aromatic nitrogens is 1. The lowest BCUT2D eigenvalue weighted by atomic mass is 9.98. The number of halogens is 1. The van der Waals surface area contributed by atoms with E-state index in [9.17, 15) is 14.0 Å². The van der Waals surface area contributed by atoms with Crippen molar-refractivity contribution in [1.29, 1.82) is 0 Å². The van der Waals surface area contributed by atoms with Crippen molar-refractivity contribution in [3.63, 3.8) is 0 Å². The van der Waals surface area contributed by atoms with Gasteiger partial charge in [0.2, 0.25) is 0 Å². The number of benzene rings is 1. The summed E-state index contributed by atoms with van der Waals surface area (Å²) < 4.78 is 13.1. The zero-order valence-electron chi connectivity index (χ0n) is 13.8. The molecule has 0 saturated carbocycles. The van der Waals surface area contributed by atoms with Crippen molar-refractivity contribution in [1.82, 2.24) is 15.2 Å². The van der Waals surface area contributed by atoms with Crippen LogP contribution in [0, 0.1) is 11.7 Å². The van der Waals surface area contributed by atoms with Crippen molar-refractivity contribution in [2.45, 2.75) is 12.8 Å². The van der Waals surface area contributed by atoms with Crippen LogP contribution in [0.5, 0.6) is 0 Å². The van der Waals surface area contributed by atoms with Gasteiger partial charge in [0.25, 0.3) is 5.91 Å². The molecule has 25 heavy (non-hydrogen) atoms. The number of urea groups is 1. The standard InChI is InChI=1S/C18H21FN4O2/c19-14-5-1-6-15(10-14)22-18(25)21-11-13-4-3-9-23(12-13)17(24)16-7-2-8-20-16/h1-2,5-8,10,13,20H,3-4,9,11-12H2,(H2,21,22,25).